The lowest BCUT2D eigenvalue weighted by Crippen LogP contribution is -2.27. The van der Waals surface area contributed by atoms with E-state index in [-0.39, 0.29) is 0 Å². The number of halogens is 2. The number of para-hydroxylation sites is 3. The number of benzene rings is 3. The fourth-order valence-corrected chi connectivity index (χ4v) is 3.89. The Balaban J connectivity index is 1.64. The molecule has 1 heterocycles. The summed E-state index contributed by atoms with van der Waals surface area (Å²) in [7, 11) is 0. The molecule has 4 rings (SSSR count). The van der Waals surface area contributed by atoms with E-state index < -0.39 is 0 Å². The van der Waals surface area contributed by atoms with Crippen molar-refractivity contribution >= 4 is 38.6 Å². The molecule has 0 fully saturated rings. The van der Waals surface area contributed by atoms with Crippen LogP contribution in [-0.2, 0) is 13.1 Å². The molecular weight excluding hydrogens is 438 g/mol. The molecule has 142 valence electrons. The zero-order valence-corrected chi connectivity index (χ0v) is 17.5. The van der Waals surface area contributed by atoms with E-state index in [1.165, 1.54) is 0 Å². The summed E-state index contributed by atoms with van der Waals surface area (Å²) in [5, 5.41) is 9.34. The van der Waals surface area contributed by atoms with E-state index in [1.54, 1.807) is 0 Å². The van der Waals surface area contributed by atoms with Gasteiger partial charge >= 0.3 is 0 Å². The van der Waals surface area contributed by atoms with Gasteiger partial charge in [-0.1, -0.05) is 70.0 Å². The molecule has 0 bridgehead atoms. The largest absolute Gasteiger partial charge is 0.490 e. The monoisotopic (exact) mass is 455 g/mol. The smallest absolute Gasteiger partial charge is 0.203 e. The Morgan fingerprint density at radius 2 is 1.50 bits per heavy atom. The van der Waals surface area contributed by atoms with Crippen molar-refractivity contribution < 1.29 is 4.74 Å². The van der Waals surface area contributed by atoms with Crippen molar-refractivity contribution in [3.63, 3.8) is 0 Å². The standard InChI is InChI=1S/C22H19BrClN3O/c23-17-8-2-1-7-16(17)15-27-20-11-5-4-10-19(20)26(22(27)25)13-14-28-21-12-6-3-9-18(21)24/h1-12,25H,13-15H2. The molecule has 4 nitrogen and oxygen atoms in total. The Hall–Kier alpha value is -2.50. The van der Waals surface area contributed by atoms with Crippen molar-refractivity contribution in [1.29, 1.82) is 5.41 Å². The van der Waals surface area contributed by atoms with Gasteiger partial charge in [0.1, 0.15) is 12.4 Å². The second kappa shape index (κ2) is 8.25. The van der Waals surface area contributed by atoms with E-state index >= 15 is 0 Å². The first-order chi connectivity index (χ1) is 13.6. The maximum Gasteiger partial charge on any atom is 0.203 e. The number of ether oxygens (including phenoxy) is 1. The van der Waals surface area contributed by atoms with Crippen LogP contribution in [0.2, 0.25) is 5.02 Å². The summed E-state index contributed by atoms with van der Waals surface area (Å²) >= 11 is 9.77. The van der Waals surface area contributed by atoms with Crippen LogP contribution in [-0.4, -0.2) is 15.7 Å². The van der Waals surface area contributed by atoms with Crippen molar-refractivity contribution in [2.24, 2.45) is 0 Å². The molecule has 1 N–H and O–H groups in total. The van der Waals surface area contributed by atoms with Crippen LogP contribution in [0.25, 0.3) is 11.0 Å². The predicted molar refractivity (Wildman–Crippen MR) is 116 cm³/mol. The predicted octanol–water partition coefficient (Wildman–Crippen LogP) is 5.47. The minimum atomic E-state index is 0.434. The van der Waals surface area contributed by atoms with Crippen LogP contribution in [0.5, 0.6) is 5.75 Å². The van der Waals surface area contributed by atoms with Gasteiger partial charge in [0.25, 0.3) is 0 Å². The van der Waals surface area contributed by atoms with Gasteiger partial charge in [-0.25, -0.2) is 0 Å². The molecule has 1 aromatic heterocycles. The molecule has 28 heavy (non-hydrogen) atoms. The number of nitrogens with one attached hydrogen (secondary N) is 1. The van der Waals surface area contributed by atoms with Crippen LogP contribution in [0.4, 0.5) is 0 Å². The third-order valence-electron chi connectivity index (χ3n) is 4.67. The minimum Gasteiger partial charge on any atom is -0.490 e. The van der Waals surface area contributed by atoms with Gasteiger partial charge in [-0.2, -0.15) is 0 Å². The molecule has 0 radical (unpaired) electrons. The molecule has 0 amide bonds. The molecule has 0 spiro atoms. The van der Waals surface area contributed by atoms with Crippen LogP contribution < -0.4 is 10.4 Å². The lowest BCUT2D eigenvalue weighted by molar-refractivity contribution is 0.297. The first kappa shape index (κ1) is 18.8. The van der Waals surface area contributed by atoms with E-state index in [0.29, 0.717) is 36.1 Å². The van der Waals surface area contributed by atoms with Gasteiger partial charge in [-0.15, -0.1) is 0 Å². The number of aromatic nitrogens is 2. The Kier molecular flexibility index (Phi) is 5.55. The number of hydrogen-bond donors (Lipinski definition) is 1. The van der Waals surface area contributed by atoms with E-state index in [1.807, 2.05) is 69.8 Å². The highest BCUT2D eigenvalue weighted by Gasteiger charge is 2.12. The van der Waals surface area contributed by atoms with E-state index in [9.17, 15) is 0 Å². The fraction of sp³-hybridized carbons (Fsp3) is 0.136. The third-order valence-corrected chi connectivity index (χ3v) is 5.76. The Morgan fingerprint density at radius 3 is 2.25 bits per heavy atom. The summed E-state index contributed by atoms with van der Waals surface area (Å²) in [5.74, 6) is 0.660. The van der Waals surface area contributed by atoms with Gasteiger partial charge in [0.15, 0.2) is 0 Å². The van der Waals surface area contributed by atoms with Crippen LogP contribution in [0.3, 0.4) is 0 Å². The Morgan fingerprint density at radius 1 is 0.857 bits per heavy atom. The number of nitrogens with zero attached hydrogens (tertiary/aromatic N) is 2. The zero-order valence-electron chi connectivity index (χ0n) is 15.1. The van der Waals surface area contributed by atoms with Crippen molar-refractivity contribution in [2.45, 2.75) is 13.1 Å². The summed E-state index contributed by atoms with van der Waals surface area (Å²) in [6.07, 6.45) is 0. The van der Waals surface area contributed by atoms with Gasteiger partial charge in [0.2, 0.25) is 5.62 Å². The number of fused-ring (bicyclic) bond motifs is 1. The summed E-state index contributed by atoms with van der Waals surface area (Å²) < 4.78 is 10.9. The van der Waals surface area contributed by atoms with Gasteiger partial charge in [0, 0.05) is 4.47 Å². The molecule has 0 saturated heterocycles. The summed E-state index contributed by atoms with van der Waals surface area (Å²) in [5.41, 5.74) is 3.62. The number of hydrogen-bond acceptors (Lipinski definition) is 2. The highest BCUT2D eigenvalue weighted by Crippen LogP contribution is 2.23. The van der Waals surface area contributed by atoms with Crippen LogP contribution in [0.15, 0.2) is 77.3 Å². The second-order valence-corrected chi connectivity index (χ2v) is 7.68. The number of imidazole rings is 1. The summed E-state index contributed by atoms with van der Waals surface area (Å²) in [4.78, 5) is 0. The average molecular weight is 457 g/mol. The van der Waals surface area contributed by atoms with Gasteiger partial charge in [-0.05, 0) is 35.9 Å². The van der Waals surface area contributed by atoms with E-state index in [0.717, 1.165) is 21.1 Å². The topological polar surface area (TPSA) is 42.9 Å². The van der Waals surface area contributed by atoms with Crippen molar-refractivity contribution in [3.8, 4) is 5.75 Å². The molecule has 4 aromatic rings. The second-order valence-electron chi connectivity index (χ2n) is 6.42. The highest BCUT2D eigenvalue weighted by atomic mass is 79.9. The molecule has 3 aromatic carbocycles. The van der Waals surface area contributed by atoms with Crippen molar-refractivity contribution in [1.82, 2.24) is 9.13 Å². The lowest BCUT2D eigenvalue weighted by atomic mass is 10.2. The first-order valence-corrected chi connectivity index (χ1v) is 10.2. The molecule has 0 saturated carbocycles. The van der Waals surface area contributed by atoms with Gasteiger partial charge in [-0.3, -0.25) is 5.41 Å². The van der Waals surface area contributed by atoms with Crippen molar-refractivity contribution in [3.05, 3.63) is 93.5 Å². The van der Waals surface area contributed by atoms with Crippen LogP contribution in [0, 0.1) is 5.41 Å². The van der Waals surface area contributed by atoms with Crippen LogP contribution in [0.1, 0.15) is 5.56 Å². The maximum atomic E-state index is 8.75. The molecule has 0 aliphatic carbocycles. The summed E-state index contributed by atoms with van der Waals surface area (Å²) in [6.45, 7) is 1.62. The van der Waals surface area contributed by atoms with Gasteiger partial charge in [0.05, 0.1) is 29.1 Å². The van der Waals surface area contributed by atoms with Gasteiger partial charge < -0.3 is 13.9 Å². The highest BCUT2D eigenvalue weighted by molar-refractivity contribution is 9.10. The Bertz CT molecular complexity index is 1180. The molecule has 6 heteroatoms. The van der Waals surface area contributed by atoms with Crippen molar-refractivity contribution in [2.75, 3.05) is 6.61 Å². The molecular formula is C22H19BrClN3O. The zero-order chi connectivity index (χ0) is 19.5. The lowest BCUT2D eigenvalue weighted by Gasteiger charge is -2.09. The Labute approximate surface area is 176 Å². The van der Waals surface area contributed by atoms with E-state index in [2.05, 4.69) is 28.1 Å². The maximum absolute atomic E-state index is 8.75. The fourth-order valence-electron chi connectivity index (χ4n) is 3.29. The molecule has 0 atom stereocenters. The van der Waals surface area contributed by atoms with E-state index in [4.69, 9.17) is 21.7 Å². The normalized spacial score (nSPS) is 11.1. The molecule has 0 aliphatic rings. The van der Waals surface area contributed by atoms with Crippen LogP contribution >= 0.6 is 27.5 Å². The quantitative estimate of drug-likeness (QED) is 0.411. The molecule has 0 aliphatic heterocycles. The SMILES string of the molecule is N=c1n(CCOc2ccccc2Cl)c2ccccc2n1Cc1ccccc1Br. The average Bonchev–Trinajstić information content (AvgIpc) is 2.97. The number of rotatable bonds is 6. The minimum absolute atomic E-state index is 0.434. The first-order valence-electron chi connectivity index (χ1n) is 8.98. The molecule has 0 unspecified atom stereocenters. The third kappa shape index (κ3) is 3.73. The summed E-state index contributed by atoms with van der Waals surface area (Å²) in [6, 6.07) is 23.6.